The van der Waals surface area contributed by atoms with Gasteiger partial charge in [-0.05, 0) is 31.0 Å². The number of hydrogen-bond acceptors (Lipinski definition) is 3. The lowest BCUT2D eigenvalue weighted by atomic mass is 10.1. The smallest absolute Gasteiger partial charge is 0.126 e. The quantitative estimate of drug-likeness (QED) is 0.752. The van der Waals surface area contributed by atoms with E-state index < -0.39 is 0 Å². The molecule has 84 valence electrons. The summed E-state index contributed by atoms with van der Waals surface area (Å²) in [6.07, 6.45) is 5.35. The number of nitrogens with zero attached hydrogens (tertiary/aromatic N) is 1. The predicted octanol–water partition coefficient (Wildman–Crippen LogP) is 2.32. The molecule has 3 N–H and O–H groups in total. The van der Waals surface area contributed by atoms with Crippen LogP contribution in [0, 0.1) is 6.92 Å². The van der Waals surface area contributed by atoms with Crippen LogP contribution in [0.2, 0.25) is 0 Å². The number of unbranched alkanes of at least 4 members (excludes halogenated alkanes) is 1. The summed E-state index contributed by atoms with van der Waals surface area (Å²) in [4.78, 5) is 4.27. The minimum Gasteiger partial charge on any atom is -0.366 e. The largest absolute Gasteiger partial charge is 0.366 e. The number of nitrogens with one attached hydrogen (secondary N) is 1. The molecular weight excluding hydrogens is 186 g/mol. The van der Waals surface area contributed by atoms with Crippen molar-refractivity contribution in [2.45, 2.75) is 39.2 Å². The lowest BCUT2D eigenvalue weighted by Crippen LogP contribution is -2.29. The summed E-state index contributed by atoms with van der Waals surface area (Å²) < 4.78 is 0. The molecule has 1 aromatic rings. The van der Waals surface area contributed by atoms with E-state index in [-0.39, 0.29) is 0 Å². The van der Waals surface area contributed by atoms with Crippen molar-refractivity contribution in [3.05, 3.63) is 23.9 Å². The van der Waals surface area contributed by atoms with Crippen molar-refractivity contribution in [1.82, 2.24) is 4.98 Å². The van der Waals surface area contributed by atoms with Gasteiger partial charge in [-0.1, -0.05) is 19.8 Å². The van der Waals surface area contributed by atoms with E-state index in [4.69, 9.17) is 5.73 Å². The number of aromatic nitrogens is 1. The van der Waals surface area contributed by atoms with Crippen molar-refractivity contribution in [3.63, 3.8) is 0 Å². The monoisotopic (exact) mass is 207 g/mol. The average Bonchev–Trinajstić information content (AvgIpc) is 2.24. The predicted molar refractivity (Wildman–Crippen MR) is 65.0 cm³/mol. The van der Waals surface area contributed by atoms with E-state index in [0.29, 0.717) is 12.6 Å². The Morgan fingerprint density at radius 1 is 1.53 bits per heavy atom. The van der Waals surface area contributed by atoms with Crippen LogP contribution in [-0.4, -0.2) is 17.6 Å². The van der Waals surface area contributed by atoms with Gasteiger partial charge in [0.25, 0.3) is 0 Å². The molecule has 0 amide bonds. The second kappa shape index (κ2) is 6.40. The van der Waals surface area contributed by atoms with Gasteiger partial charge in [0.1, 0.15) is 5.82 Å². The minimum atomic E-state index is 0.347. The van der Waals surface area contributed by atoms with Crippen LogP contribution in [0.25, 0.3) is 0 Å². The highest BCUT2D eigenvalue weighted by atomic mass is 15.0. The zero-order valence-corrected chi connectivity index (χ0v) is 9.66. The van der Waals surface area contributed by atoms with Crippen LogP contribution in [-0.2, 0) is 0 Å². The van der Waals surface area contributed by atoms with Gasteiger partial charge in [0.15, 0.2) is 0 Å². The van der Waals surface area contributed by atoms with E-state index >= 15 is 0 Å². The Bertz CT molecular complexity index is 286. The zero-order valence-electron chi connectivity index (χ0n) is 9.66. The van der Waals surface area contributed by atoms with Gasteiger partial charge in [-0.3, -0.25) is 0 Å². The Balaban J connectivity index is 2.50. The molecule has 1 rings (SSSR count). The Kier molecular flexibility index (Phi) is 5.12. The summed E-state index contributed by atoms with van der Waals surface area (Å²) >= 11 is 0. The highest BCUT2D eigenvalue weighted by Gasteiger charge is 2.05. The first-order chi connectivity index (χ1) is 7.26. The Morgan fingerprint density at radius 2 is 2.33 bits per heavy atom. The second-order valence-corrected chi connectivity index (χ2v) is 3.94. The molecule has 1 atom stereocenters. The lowest BCUT2D eigenvalue weighted by molar-refractivity contribution is 0.612. The van der Waals surface area contributed by atoms with Crippen LogP contribution >= 0.6 is 0 Å². The molecule has 0 saturated heterocycles. The highest BCUT2D eigenvalue weighted by Crippen LogP contribution is 2.09. The molecule has 0 saturated carbocycles. The van der Waals surface area contributed by atoms with Gasteiger partial charge in [0, 0.05) is 18.8 Å². The molecule has 1 aromatic heterocycles. The Labute approximate surface area is 92.1 Å². The summed E-state index contributed by atoms with van der Waals surface area (Å²) in [6, 6.07) is 4.39. The summed E-state index contributed by atoms with van der Waals surface area (Å²) in [7, 11) is 0. The molecule has 0 aliphatic rings. The van der Waals surface area contributed by atoms with Crippen LogP contribution in [0.5, 0.6) is 0 Å². The van der Waals surface area contributed by atoms with E-state index in [9.17, 15) is 0 Å². The summed E-state index contributed by atoms with van der Waals surface area (Å²) in [5.74, 6) is 0.932. The van der Waals surface area contributed by atoms with Crippen LogP contribution in [0.3, 0.4) is 0 Å². The van der Waals surface area contributed by atoms with Crippen molar-refractivity contribution in [3.8, 4) is 0 Å². The fraction of sp³-hybridized carbons (Fsp3) is 0.583. The van der Waals surface area contributed by atoms with E-state index in [2.05, 4.69) is 30.2 Å². The first kappa shape index (κ1) is 12.0. The van der Waals surface area contributed by atoms with Gasteiger partial charge in [-0.15, -0.1) is 0 Å². The number of hydrogen-bond donors (Lipinski definition) is 2. The number of nitrogens with two attached hydrogens (primary N) is 1. The van der Waals surface area contributed by atoms with Crippen molar-refractivity contribution < 1.29 is 0 Å². The molecule has 0 bridgehead atoms. The lowest BCUT2D eigenvalue weighted by Gasteiger charge is -2.17. The average molecular weight is 207 g/mol. The number of aryl methyl sites for hydroxylation is 1. The first-order valence-corrected chi connectivity index (χ1v) is 5.65. The van der Waals surface area contributed by atoms with E-state index in [1.165, 1.54) is 18.4 Å². The third-order valence-corrected chi connectivity index (χ3v) is 2.46. The maximum absolute atomic E-state index is 5.71. The number of rotatable bonds is 6. The van der Waals surface area contributed by atoms with Gasteiger partial charge in [-0.2, -0.15) is 0 Å². The minimum absolute atomic E-state index is 0.347. The maximum atomic E-state index is 5.71. The number of pyridine rings is 1. The Hall–Kier alpha value is -1.09. The third kappa shape index (κ3) is 4.30. The van der Waals surface area contributed by atoms with Crippen molar-refractivity contribution in [1.29, 1.82) is 0 Å². The third-order valence-electron chi connectivity index (χ3n) is 2.46. The highest BCUT2D eigenvalue weighted by molar-refractivity contribution is 5.38. The summed E-state index contributed by atoms with van der Waals surface area (Å²) in [5, 5.41) is 3.37. The van der Waals surface area contributed by atoms with Crippen molar-refractivity contribution in [2.24, 2.45) is 5.73 Å². The van der Waals surface area contributed by atoms with E-state index in [0.717, 1.165) is 12.2 Å². The van der Waals surface area contributed by atoms with Crippen LogP contribution in [0.1, 0.15) is 31.7 Å². The van der Waals surface area contributed by atoms with E-state index in [1.54, 1.807) is 0 Å². The molecular formula is C12H21N3. The SMILES string of the molecule is CCCCC(CN)Nc1cc(C)ccn1. The molecule has 0 radical (unpaired) electrons. The van der Waals surface area contributed by atoms with Crippen LogP contribution < -0.4 is 11.1 Å². The van der Waals surface area contributed by atoms with Crippen molar-refractivity contribution >= 4 is 5.82 Å². The maximum Gasteiger partial charge on any atom is 0.126 e. The topological polar surface area (TPSA) is 50.9 Å². The fourth-order valence-electron chi connectivity index (χ4n) is 1.52. The normalized spacial score (nSPS) is 12.5. The van der Waals surface area contributed by atoms with Gasteiger partial charge in [-0.25, -0.2) is 4.98 Å². The molecule has 3 nitrogen and oxygen atoms in total. The molecule has 1 unspecified atom stereocenters. The first-order valence-electron chi connectivity index (χ1n) is 5.65. The fourth-order valence-corrected chi connectivity index (χ4v) is 1.52. The van der Waals surface area contributed by atoms with Crippen molar-refractivity contribution in [2.75, 3.05) is 11.9 Å². The molecule has 15 heavy (non-hydrogen) atoms. The summed E-state index contributed by atoms with van der Waals surface area (Å²) in [5.41, 5.74) is 6.93. The molecule has 0 fully saturated rings. The van der Waals surface area contributed by atoms with Gasteiger partial charge in [0.2, 0.25) is 0 Å². The molecule has 0 spiro atoms. The molecule has 3 heteroatoms. The Morgan fingerprint density at radius 3 is 2.93 bits per heavy atom. The molecule has 1 heterocycles. The van der Waals surface area contributed by atoms with Crippen LogP contribution in [0.4, 0.5) is 5.82 Å². The standard InChI is InChI=1S/C12H21N3/c1-3-4-5-11(9-13)15-12-8-10(2)6-7-14-12/h6-8,11H,3-5,9,13H2,1-2H3,(H,14,15). The molecule has 0 aromatic carbocycles. The van der Waals surface area contributed by atoms with Crippen LogP contribution in [0.15, 0.2) is 18.3 Å². The number of anilines is 1. The van der Waals surface area contributed by atoms with Gasteiger partial charge < -0.3 is 11.1 Å². The van der Waals surface area contributed by atoms with Gasteiger partial charge >= 0.3 is 0 Å². The molecule has 0 aliphatic heterocycles. The zero-order chi connectivity index (χ0) is 11.1. The summed E-state index contributed by atoms with van der Waals surface area (Å²) in [6.45, 7) is 4.92. The van der Waals surface area contributed by atoms with E-state index in [1.807, 2.05) is 12.3 Å². The molecule has 0 aliphatic carbocycles. The van der Waals surface area contributed by atoms with Gasteiger partial charge in [0.05, 0.1) is 0 Å². The second-order valence-electron chi connectivity index (χ2n) is 3.94.